The Hall–Kier alpha value is -3.93. The van der Waals surface area contributed by atoms with E-state index in [0.717, 1.165) is 16.5 Å². The molecular weight excluding hydrogens is 480 g/mol. The molecule has 1 fully saturated rings. The van der Waals surface area contributed by atoms with E-state index in [-0.39, 0.29) is 18.9 Å². The number of aromatic nitrogens is 1. The van der Waals surface area contributed by atoms with Crippen LogP contribution in [0.2, 0.25) is 0 Å². The van der Waals surface area contributed by atoms with Crippen LogP contribution in [0.1, 0.15) is 38.7 Å². The van der Waals surface area contributed by atoms with Gasteiger partial charge in [0.25, 0.3) is 0 Å². The van der Waals surface area contributed by atoms with Gasteiger partial charge in [0.15, 0.2) is 0 Å². The highest BCUT2D eigenvalue weighted by molar-refractivity contribution is 5.96. The van der Waals surface area contributed by atoms with Gasteiger partial charge in [-0.15, -0.1) is 0 Å². The van der Waals surface area contributed by atoms with Crippen molar-refractivity contribution in [2.24, 2.45) is 17.4 Å². The second kappa shape index (κ2) is 11.9. The highest BCUT2D eigenvalue weighted by Crippen LogP contribution is 2.21. The molecule has 4 unspecified atom stereocenters. The first-order chi connectivity index (χ1) is 17.5. The fourth-order valence-corrected chi connectivity index (χ4v) is 4.55. The summed E-state index contributed by atoms with van der Waals surface area (Å²) in [5.41, 5.74) is 13.1. The number of nitrogens with one attached hydrogen (secondary N) is 3. The van der Waals surface area contributed by atoms with Crippen molar-refractivity contribution in [1.82, 2.24) is 20.5 Å². The van der Waals surface area contributed by atoms with Crippen LogP contribution < -0.4 is 22.1 Å². The summed E-state index contributed by atoms with van der Waals surface area (Å²) in [6, 6.07) is 3.13. The Labute approximate surface area is 214 Å². The quantitative estimate of drug-likeness (QED) is 0.234. The van der Waals surface area contributed by atoms with Crippen molar-refractivity contribution in [1.29, 1.82) is 0 Å². The molecule has 200 valence electrons. The van der Waals surface area contributed by atoms with Crippen molar-refractivity contribution in [3.8, 4) is 0 Å². The molecule has 2 aromatic rings. The van der Waals surface area contributed by atoms with Crippen molar-refractivity contribution >= 4 is 40.5 Å². The van der Waals surface area contributed by atoms with Crippen LogP contribution in [0.3, 0.4) is 0 Å². The smallest absolute Gasteiger partial charge is 0.326 e. The lowest BCUT2D eigenvalue weighted by molar-refractivity contribution is -0.150. The minimum absolute atomic E-state index is 0.180. The van der Waals surface area contributed by atoms with Gasteiger partial charge in [0.2, 0.25) is 23.6 Å². The fourth-order valence-electron chi connectivity index (χ4n) is 4.55. The Morgan fingerprint density at radius 3 is 2.49 bits per heavy atom. The van der Waals surface area contributed by atoms with Crippen LogP contribution in [-0.2, 0) is 30.4 Å². The van der Waals surface area contributed by atoms with Crippen molar-refractivity contribution in [3.05, 3.63) is 36.0 Å². The number of nitrogens with two attached hydrogens (primary N) is 2. The number of amides is 4. The largest absolute Gasteiger partial charge is 0.480 e. The standard InChI is InChI=1S/C25H34N6O6/c1-13(2)21(24(35)31-9-5-8-19(31)25(36)37)30-23(34)18(11-20(27)32)29-22(33)16(26)10-14-12-28-17-7-4-3-6-15(14)17/h3-4,6-7,12-13,16,18-19,21,28H,5,8-11,26H2,1-2H3,(H2,27,32)(H,29,33)(H,30,34)(H,36,37). The van der Waals surface area contributed by atoms with E-state index in [1.165, 1.54) is 4.90 Å². The van der Waals surface area contributed by atoms with Crippen molar-refractivity contribution < 1.29 is 29.1 Å². The summed E-state index contributed by atoms with van der Waals surface area (Å²) in [6.45, 7) is 3.67. The van der Waals surface area contributed by atoms with Gasteiger partial charge in [0.05, 0.1) is 12.5 Å². The summed E-state index contributed by atoms with van der Waals surface area (Å²) in [5, 5.41) is 15.4. The molecule has 0 bridgehead atoms. The van der Waals surface area contributed by atoms with Crippen molar-refractivity contribution in [2.75, 3.05) is 6.54 Å². The first kappa shape index (κ1) is 27.7. The number of para-hydroxylation sites is 1. The van der Waals surface area contributed by atoms with Crippen LogP contribution >= 0.6 is 0 Å². The van der Waals surface area contributed by atoms with Crippen molar-refractivity contribution in [3.63, 3.8) is 0 Å². The SMILES string of the molecule is CC(C)C(NC(=O)C(CC(N)=O)NC(=O)C(N)Cc1c[nH]c2ccccc12)C(=O)N1CCCC1C(=O)O. The zero-order chi connectivity index (χ0) is 27.3. The lowest BCUT2D eigenvalue weighted by atomic mass is 10.0. The monoisotopic (exact) mass is 514 g/mol. The van der Waals surface area contributed by atoms with E-state index < -0.39 is 60.2 Å². The Morgan fingerprint density at radius 1 is 1.14 bits per heavy atom. The third-order valence-electron chi connectivity index (χ3n) is 6.54. The van der Waals surface area contributed by atoms with E-state index in [1.54, 1.807) is 20.0 Å². The molecule has 12 heteroatoms. The summed E-state index contributed by atoms with van der Waals surface area (Å²) in [7, 11) is 0. The Morgan fingerprint density at radius 2 is 1.84 bits per heavy atom. The highest BCUT2D eigenvalue weighted by atomic mass is 16.4. The molecule has 1 aromatic carbocycles. The average molecular weight is 515 g/mol. The van der Waals surface area contributed by atoms with Crippen LogP contribution in [0.4, 0.5) is 0 Å². The topological polar surface area (TPSA) is 201 Å². The molecule has 4 atom stereocenters. The van der Waals surface area contributed by atoms with Gasteiger partial charge < -0.3 is 37.1 Å². The van der Waals surface area contributed by atoms with Crippen LogP contribution in [0.25, 0.3) is 10.9 Å². The lowest BCUT2D eigenvalue weighted by Crippen LogP contribution is -2.59. The number of benzene rings is 1. The maximum absolute atomic E-state index is 13.1. The average Bonchev–Trinajstić information content (AvgIpc) is 3.49. The molecular formula is C25H34N6O6. The van der Waals surface area contributed by atoms with Crippen LogP contribution in [-0.4, -0.2) is 75.3 Å². The Bertz CT molecular complexity index is 1180. The second-order valence-corrected chi connectivity index (χ2v) is 9.66. The summed E-state index contributed by atoms with van der Waals surface area (Å²) >= 11 is 0. The maximum Gasteiger partial charge on any atom is 0.326 e. The molecule has 1 aliphatic rings. The number of fused-ring (bicyclic) bond motifs is 1. The third kappa shape index (κ3) is 6.64. The third-order valence-corrected chi connectivity index (χ3v) is 6.54. The maximum atomic E-state index is 13.1. The highest BCUT2D eigenvalue weighted by Gasteiger charge is 2.39. The number of carbonyl (C=O) groups is 5. The van der Waals surface area contributed by atoms with E-state index in [4.69, 9.17) is 11.5 Å². The fraction of sp³-hybridized carbons (Fsp3) is 0.480. The van der Waals surface area contributed by atoms with Crippen LogP contribution in [0, 0.1) is 5.92 Å². The first-order valence-corrected chi connectivity index (χ1v) is 12.2. The minimum atomic E-state index is -1.36. The van der Waals surface area contributed by atoms with E-state index in [9.17, 15) is 29.1 Å². The van der Waals surface area contributed by atoms with Gasteiger partial charge in [0, 0.05) is 23.6 Å². The van der Waals surface area contributed by atoms with Gasteiger partial charge in [-0.3, -0.25) is 19.2 Å². The zero-order valence-electron chi connectivity index (χ0n) is 20.9. The number of carbonyl (C=O) groups excluding carboxylic acids is 4. The summed E-state index contributed by atoms with van der Waals surface area (Å²) in [4.78, 5) is 66.7. The Kier molecular flexibility index (Phi) is 8.87. The number of aromatic amines is 1. The molecule has 2 heterocycles. The molecule has 1 saturated heterocycles. The predicted molar refractivity (Wildman–Crippen MR) is 135 cm³/mol. The van der Waals surface area contributed by atoms with Crippen LogP contribution in [0.5, 0.6) is 0 Å². The molecule has 0 spiro atoms. The second-order valence-electron chi connectivity index (χ2n) is 9.66. The van der Waals surface area contributed by atoms with E-state index in [2.05, 4.69) is 15.6 Å². The van der Waals surface area contributed by atoms with E-state index in [1.807, 2.05) is 24.3 Å². The molecule has 4 amide bonds. The van der Waals surface area contributed by atoms with E-state index >= 15 is 0 Å². The number of aliphatic carboxylic acids is 1. The molecule has 12 nitrogen and oxygen atoms in total. The van der Waals surface area contributed by atoms with Gasteiger partial charge >= 0.3 is 5.97 Å². The molecule has 37 heavy (non-hydrogen) atoms. The number of primary amides is 1. The number of H-pyrrole nitrogens is 1. The first-order valence-electron chi connectivity index (χ1n) is 12.2. The Balaban J connectivity index is 1.70. The van der Waals surface area contributed by atoms with Gasteiger partial charge in [-0.2, -0.15) is 0 Å². The molecule has 8 N–H and O–H groups in total. The summed E-state index contributed by atoms with van der Waals surface area (Å²) in [6.07, 6.45) is 2.30. The molecule has 1 aromatic heterocycles. The zero-order valence-corrected chi connectivity index (χ0v) is 20.9. The van der Waals surface area contributed by atoms with Gasteiger partial charge in [-0.25, -0.2) is 4.79 Å². The number of carboxylic acid groups (broad SMARTS) is 1. The number of carboxylic acids is 1. The van der Waals surface area contributed by atoms with Gasteiger partial charge in [0.1, 0.15) is 18.1 Å². The summed E-state index contributed by atoms with van der Waals surface area (Å²) < 4.78 is 0. The number of hydrogen-bond donors (Lipinski definition) is 6. The van der Waals surface area contributed by atoms with E-state index in [0.29, 0.717) is 12.8 Å². The lowest BCUT2D eigenvalue weighted by Gasteiger charge is -2.30. The van der Waals surface area contributed by atoms with Crippen LogP contribution in [0.15, 0.2) is 30.5 Å². The molecule has 0 radical (unpaired) electrons. The van der Waals surface area contributed by atoms with Crippen molar-refractivity contribution in [2.45, 2.75) is 63.7 Å². The normalized spacial score (nSPS) is 17.8. The number of rotatable bonds is 11. The molecule has 3 rings (SSSR count). The molecule has 0 saturated carbocycles. The number of likely N-dealkylation sites (tertiary alicyclic amines) is 1. The molecule has 0 aliphatic carbocycles. The van der Waals surface area contributed by atoms with Gasteiger partial charge in [-0.1, -0.05) is 32.0 Å². The minimum Gasteiger partial charge on any atom is -0.480 e. The van der Waals surface area contributed by atoms with Gasteiger partial charge in [-0.05, 0) is 36.8 Å². The number of nitrogens with zero attached hydrogens (tertiary/aromatic N) is 1. The number of hydrogen-bond acceptors (Lipinski definition) is 6. The molecule has 1 aliphatic heterocycles. The summed E-state index contributed by atoms with van der Waals surface area (Å²) in [5.74, 6) is -4.31. The predicted octanol–water partition coefficient (Wildman–Crippen LogP) is -0.386.